The van der Waals surface area contributed by atoms with E-state index in [0.717, 1.165) is 23.4 Å². The fourth-order valence-electron chi connectivity index (χ4n) is 3.55. The van der Waals surface area contributed by atoms with Crippen molar-refractivity contribution in [2.24, 2.45) is 0 Å². The number of fused-ring (bicyclic) bond motifs is 1. The zero-order chi connectivity index (χ0) is 23.7. The highest BCUT2D eigenvalue weighted by Gasteiger charge is 2.42. The second kappa shape index (κ2) is 8.86. The van der Waals surface area contributed by atoms with Crippen LogP contribution in [0.5, 0.6) is 11.5 Å². The van der Waals surface area contributed by atoms with Gasteiger partial charge in [0.15, 0.2) is 17.7 Å². The summed E-state index contributed by atoms with van der Waals surface area (Å²) in [6, 6.07) is 5.14. The number of amides is 1. The standard InChI is InChI=1S/C21H20N4O8/c26-15-9-12(25(31)32)8-13(17(15)27)20(30)23-5-1-2-16-18(28)19(29)21(33-16)24-7-4-14-11(10-24)3-6-22-14/h1-4,6-10,16,18-19,21,26-29H,5H2,(H,23,30)/b2-1+/t16-,18-,19-,21-/m1/s1. The van der Waals surface area contributed by atoms with Crippen LogP contribution < -0.4 is 5.32 Å². The SMILES string of the molecule is O=C(NC/C=C/[C@H]1O[C@@H](n2ccc3nccc-3c2)[C@H](O)[C@@H]1O)c1cc([N+](=O)[O-])cc(O)c1O. The summed E-state index contributed by atoms with van der Waals surface area (Å²) >= 11 is 0. The number of aliphatic hydroxyl groups is 2. The maximum Gasteiger partial charge on any atom is 0.274 e. The number of aromatic hydroxyl groups is 2. The number of nitro benzene ring substituents is 1. The number of rotatable bonds is 6. The monoisotopic (exact) mass is 456 g/mol. The van der Waals surface area contributed by atoms with Gasteiger partial charge in [-0.2, -0.15) is 0 Å². The lowest BCUT2D eigenvalue weighted by atomic mass is 10.1. The third kappa shape index (κ3) is 4.35. The third-order valence-corrected chi connectivity index (χ3v) is 5.26. The Hall–Kier alpha value is -4.00. The minimum Gasteiger partial charge on any atom is -0.504 e. The number of aromatic nitrogens is 2. The molecule has 0 aromatic heterocycles. The van der Waals surface area contributed by atoms with E-state index in [1.807, 2.05) is 6.07 Å². The first kappa shape index (κ1) is 22.2. The molecule has 1 fully saturated rings. The van der Waals surface area contributed by atoms with Crippen molar-refractivity contribution in [2.45, 2.75) is 24.5 Å². The van der Waals surface area contributed by atoms with Gasteiger partial charge in [-0.1, -0.05) is 12.2 Å². The highest BCUT2D eigenvalue weighted by atomic mass is 16.6. The number of nitrogens with one attached hydrogen (secondary N) is 1. The first-order valence-corrected chi connectivity index (χ1v) is 9.85. The van der Waals surface area contributed by atoms with E-state index in [0.29, 0.717) is 0 Å². The Labute approximate surface area is 186 Å². The molecule has 1 amide bonds. The van der Waals surface area contributed by atoms with Crippen LogP contribution in [0.25, 0.3) is 11.3 Å². The number of hydrogen-bond acceptors (Lipinski definition) is 9. The van der Waals surface area contributed by atoms with E-state index in [9.17, 15) is 35.3 Å². The summed E-state index contributed by atoms with van der Waals surface area (Å²) in [5, 5.41) is 53.4. The van der Waals surface area contributed by atoms with E-state index in [2.05, 4.69) is 10.3 Å². The molecule has 5 N–H and O–H groups in total. The number of nitro groups is 1. The van der Waals surface area contributed by atoms with Gasteiger partial charge in [0.25, 0.3) is 11.6 Å². The van der Waals surface area contributed by atoms with Crippen LogP contribution in [0.2, 0.25) is 0 Å². The Kier molecular flexibility index (Phi) is 5.96. The van der Waals surface area contributed by atoms with Crippen LogP contribution in [-0.4, -0.2) is 65.7 Å². The molecule has 0 saturated carbocycles. The number of pyridine rings is 1. The minimum absolute atomic E-state index is 0.0760. The van der Waals surface area contributed by atoms with E-state index in [1.165, 1.54) is 12.2 Å². The summed E-state index contributed by atoms with van der Waals surface area (Å²) in [5.41, 5.74) is 0.618. The molecule has 12 nitrogen and oxygen atoms in total. The number of carbonyl (C=O) groups is 1. The van der Waals surface area contributed by atoms with Crippen LogP contribution >= 0.6 is 0 Å². The summed E-state index contributed by atoms with van der Waals surface area (Å²) in [5.74, 6) is -2.42. The van der Waals surface area contributed by atoms with Gasteiger partial charge in [0, 0.05) is 36.8 Å². The zero-order valence-electron chi connectivity index (χ0n) is 17.0. The molecule has 1 aromatic carbocycles. The minimum atomic E-state index is -1.22. The van der Waals surface area contributed by atoms with Gasteiger partial charge in [-0.05, 0) is 12.1 Å². The second-order valence-electron chi connectivity index (χ2n) is 7.41. The summed E-state index contributed by atoms with van der Waals surface area (Å²) in [7, 11) is 0. The van der Waals surface area contributed by atoms with Crippen molar-refractivity contribution in [3.63, 3.8) is 0 Å². The van der Waals surface area contributed by atoms with Crippen LogP contribution in [0.15, 0.2) is 55.0 Å². The predicted molar refractivity (Wildman–Crippen MR) is 113 cm³/mol. The maximum atomic E-state index is 12.3. The molecule has 1 saturated heterocycles. The number of aliphatic hydroxyl groups excluding tert-OH is 2. The molecule has 4 rings (SSSR count). The average Bonchev–Trinajstić information content (AvgIpc) is 3.37. The lowest BCUT2D eigenvalue weighted by Gasteiger charge is -2.19. The first-order chi connectivity index (χ1) is 15.8. The lowest BCUT2D eigenvalue weighted by molar-refractivity contribution is -0.385. The molecule has 3 heterocycles. The number of nitrogens with zero attached hydrogens (tertiary/aromatic N) is 3. The summed E-state index contributed by atoms with van der Waals surface area (Å²) in [4.78, 5) is 26.5. The number of benzene rings is 1. The number of carbonyl (C=O) groups excluding carboxylic acids is 1. The summed E-state index contributed by atoms with van der Waals surface area (Å²) < 4.78 is 7.39. The Morgan fingerprint density at radius 3 is 2.82 bits per heavy atom. The van der Waals surface area contributed by atoms with E-state index < -0.39 is 58.1 Å². The van der Waals surface area contributed by atoms with Gasteiger partial charge in [0.1, 0.15) is 18.3 Å². The van der Waals surface area contributed by atoms with E-state index in [-0.39, 0.29) is 6.54 Å². The molecule has 3 aliphatic rings. The highest BCUT2D eigenvalue weighted by molar-refractivity contribution is 5.98. The van der Waals surface area contributed by atoms with Crippen molar-refractivity contribution < 1.29 is 34.9 Å². The quantitative estimate of drug-likeness (QED) is 0.156. The molecule has 33 heavy (non-hydrogen) atoms. The van der Waals surface area contributed by atoms with Gasteiger partial charge < -0.3 is 35.0 Å². The Bertz CT molecular complexity index is 1190. The number of hydrogen-bond donors (Lipinski definition) is 5. The molecule has 0 radical (unpaired) electrons. The highest BCUT2D eigenvalue weighted by Crippen LogP contribution is 2.34. The predicted octanol–water partition coefficient (Wildman–Crippen LogP) is 0.913. The van der Waals surface area contributed by atoms with Crippen LogP contribution in [0, 0.1) is 10.1 Å². The Morgan fingerprint density at radius 1 is 1.27 bits per heavy atom. The molecule has 0 bridgehead atoms. The van der Waals surface area contributed by atoms with Gasteiger partial charge in [-0.15, -0.1) is 0 Å². The van der Waals surface area contributed by atoms with Gasteiger partial charge in [-0.25, -0.2) is 0 Å². The molecule has 12 heteroatoms. The lowest BCUT2D eigenvalue weighted by Crippen LogP contribution is -2.31. The van der Waals surface area contributed by atoms with Gasteiger partial charge >= 0.3 is 0 Å². The number of phenols is 2. The van der Waals surface area contributed by atoms with Crippen LogP contribution in [-0.2, 0) is 4.74 Å². The molecule has 0 aliphatic carbocycles. The first-order valence-electron chi connectivity index (χ1n) is 9.85. The normalized spacial score (nSPS) is 22.7. The van der Waals surface area contributed by atoms with E-state index >= 15 is 0 Å². The van der Waals surface area contributed by atoms with Gasteiger partial charge in [0.2, 0.25) is 0 Å². The number of non-ortho nitro benzene ring substituents is 1. The van der Waals surface area contributed by atoms with Crippen molar-refractivity contribution in [3.05, 3.63) is 70.7 Å². The van der Waals surface area contributed by atoms with Crippen LogP contribution in [0.4, 0.5) is 5.69 Å². The average molecular weight is 456 g/mol. The van der Waals surface area contributed by atoms with Crippen molar-refractivity contribution >= 4 is 11.6 Å². The van der Waals surface area contributed by atoms with Gasteiger partial charge in [0.05, 0.1) is 22.2 Å². The van der Waals surface area contributed by atoms with Crippen LogP contribution in [0.3, 0.4) is 0 Å². The van der Waals surface area contributed by atoms with Gasteiger partial charge in [-0.3, -0.25) is 19.9 Å². The molecular formula is C21H20N4O8. The van der Waals surface area contributed by atoms with Crippen molar-refractivity contribution in [3.8, 4) is 22.8 Å². The third-order valence-electron chi connectivity index (χ3n) is 5.26. The number of phenolic OH excluding ortho intramolecular Hbond substituents is 2. The van der Waals surface area contributed by atoms with E-state index in [1.54, 1.807) is 29.2 Å². The topological polar surface area (TPSA) is 180 Å². The van der Waals surface area contributed by atoms with Crippen molar-refractivity contribution in [1.29, 1.82) is 0 Å². The Balaban J connectivity index is 1.39. The molecule has 4 atom stereocenters. The fourth-order valence-corrected chi connectivity index (χ4v) is 3.55. The second-order valence-corrected chi connectivity index (χ2v) is 7.41. The molecule has 172 valence electrons. The zero-order valence-corrected chi connectivity index (χ0v) is 17.0. The fraction of sp³-hybridized carbons (Fsp3) is 0.238. The molecule has 0 unspecified atom stereocenters. The van der Waals surface area contributed by atoms with Crippen molar-refractivity contribution in [1.82, 2.24) is 14.9 Å². The molecule has 1 aromatic rings. The molecule has 0 spiro atoms. The maximum absolute atomic E-state index is 12.3. The van der Waals surface area contributed by atoms with Crippen LogP contribution in [0.1, 0.15) is 16.6 Å². The van der Waals surface area contributed by atoms with E-state index in [4.69, 9.17) is 4.74 Å². The molecule has 3 aliphatic heterocycles. The summed E-state index contributed by atoms with van der Waals surface area (Å²) in [6.07, 6.45) is 3.88. The van der Waals surface area contributed by atoms with Crippen molar-refractivity contribution in [2.75, 3.05) is 6.54 Å². The largest absolute Gasteiger partial charge is 0.504 e. The Morgan fingerprint density at radius 2 is 2.06 bits per heavy atom. The number of ether oxygens (including phenoxy) is 1. The smallest absolute Gasteiger partial charge is 0.274 e. The molecular weight excluding hydrogens is 436 g/mol. The summed E-state index contributed by atoms with van der Waals surface area (Å²) in [6.45, 7) is -0.0760.